The van der Waals surface area contributed by atoms with Crippen molar-refractivity contribution in [2.75, 3.05) is 11.9 Å². The highest BCUT2D eigenvalue weighted by Gasteiger charge is 2.72. The molecule has 0 spiro atoms. The Hall–Kier alpha value is -3.56. The van der Waals surface area contributed by atoms with E-state index in [1.54, 1.807) is 6.92 Å². The van der Waals surface area contributed by atoms with Crippen molar-refractivity contribution in [1.29, 1.82) is 0 Å². The Morgan fingerprint density at radius 2 is 1.92 bits per heavy atom. The number of carbonyl (C=O) groups is 2. The normalized spacial score (nSPS) is 28.5. The van der Waals surface area contributed by atoms with E-state index >= 15 is 4.39 Å². The second kappa shape index (κ2) is 8.99. The van der Waals surface area contributed by atoms with E-state index in [1.165, 1.54) is 12.1 Å². The molecular formula is C23H20F6N6O3S. The van der Waals surface area contributed by atoms with Crippen molar-refractivity contribution >= 4 is 34.4 Å². The van der Waals surface area contributed by atoms with Crippen molar-refractivity contribution in [3.63, 3.8) is 0 Å². The number of thioether (sulfide) groups is 1. The summed E-state index contributed by atoms with van der Waals surface area (Å²) in [5.74, 6) is -6.06. The zero-order valence-electron chi connectivity index (χ0n) is 20.0. The molecule has 4 atom stereocenters. The van der Waals surface area contributed by atoms with Gasteiger partial charge < -0.3 is 21.1 Å². The molecule has 1 aromatic heterocycles. The maximum Gasteiger partial charge on any atom is 0.422 e. The van der Waals surface area contributed by atoms with Crippen LogP contribution in [0.2, 0.25) is 0 Å². The number of nitrogens with one attached hydrogen (secondary N) is 2. The van der Waals surface area contributed by atoms with Crippen molar-refractivity contribution in [2.24, 2.45) is 16.6 Å². The molecule has 39 heavy (non-hydrogen) atoms. The van der Waals surface area contributed by atoms with Gasteiger partial charge in [-0.25, -0.2) is 23.1 Å². The Morgan fingerprint density at radius 3 is 2.54 bits per heavy atom. The molecule has 1 aliphatic heterocycles. The number of aromatic nitrogens is 2. The summed E-state index contributed by atoms with van der Waals surface area (Å²) >= 11 is 0.952. The molecule has 2 fully saturated rings. The lowest BCUT2D eigenvalue weighted by molar-refractivity contribution is -0.154. The molecule has 16 heteroatoms. The Balaban J connectivity index is 1.33. The molecule has 1 unspecified atom stereocenters. The van der Waals surface area contributed by atoms with E-state index in [9.17, 15) is 31.5 Å². The molecule has 3 aliphatic rings. The molecule has 0 saturated heterocycles. The number of amidine groups is 1. The number of ether oxygens (including phenoxy) is 1. The Morgan fingerprint density at radius 1 is 1.21 bits per heavy atom. The van der Waals surface area contributed by atoms with Gasteiger partial charge >= 0.3 is 6.18 Å². The molecule has 4 N–H and O–H groups in total. The van der Waals surface area contributed by atoms with Gasteiger partial charge in [-0.05, 0) is 31.5 Å². The first-order valence-electron chi connectivity index (χ1n) is 11.5. The largest absolute Gasteiger partial charge is 0.467 e. The van der Waals surface area contributed by atoms with Gasteiger partial charge in [0.15, 0.2) is 11.8 Å². The fourth-order valence-electron chi connectivity index (χ4n) is 4.57. The highest BCUT2D eigenvalue weighted by Crippen LogP contribution is 2.66. The Kier molecular flexibility index (Phi) is 6.23. The van der Waals surface area contributed by atoms with E-state index < -0.39 is 70.9 Å². The zero-order chi connectivity index (χ0) is 28.4. The second-order valence-electron chi connectivity index (χ2n) is 9.63. The summed E-state index contributed by atoms with van der Waals surface area (Å²) in [5.41, 5.74) is 4.53. The average molecular weight is 575 g/mol. The van der Waals surface area contributed by atoms with E-state index in [-0.39, 0.29) is 28.5 Å². The molecule has 0 bridgehead atoms. The van der Waals surface area contributed by atoms with Crippen LogP contribution in [0, 0.1) is 11.7 Å². The summed E-state index contributed by atoms with van der Waals surface area (Å²) in [6.45, 7) is -0.00693. The van der Waals surface area contributed by atoms with Crippen LogP contribution in [0.25, 0.3) is 0 Å². The van der Waals surface area contributed by atoms with E-state index in [0.717, 1.165) is 30.2 Å². The first kappa shape index (κ1) is 27.0. The predicted molar refractivity (Wildman–Crippen MR) is 127 cm³/mol. The molecule has 0 radical (unpaired) electrons. The summed E-state index contributed by atoms with van der Waals surface area (Å²) in [6, 6.07) is 2.40. The van der Waals surface area contributed by atoms with Gasteiger partial charge in [-0.1, -0.05) is 11.8 Å². The monoisotopic (exact) mass is 574 g/mol. The summed E-state index contributed by atoms with van der Waals surface area (Å²) < 4.78 is 81.9. The lowest BCUT2D eigenvalue weighted by Crippen LogP contribution is -2.45. The van der Waals surface area contributed by atoms with Gasteiger partial charge in [-0.3, -0.25) is 14.6 Å². The molecule has 5 rings (SSSR count). The summed E-state index contributed by atoms with van der Waals surface area (Å²) in [7, 11) is 0. The number of rotatable bonds is 7. The lowest BCUT2D eigenvalue weighted by atomic mass is 9.85. The van der Waals surface area contributed by atoms with Crippen LogP contribution in [-0.4, -0.2) is 56.4 Å². The van der Waals surface area contributed by atoms with Crippen LogP contribution in [0.5, 0.6) is 5.88 Å². The Labute approximate surface area is 221 Å². The van der Waals surface area contributed by atoms with Gasteiger partial charge in [0, 0.05) is 23.6 Å². The van der Waals surface area contributed by atoms with Crippen molar-refractivity contribution in [2.45, 2.75) is 48.2 Å². The van der Waals surface area contributed by atoms with Crippen LogP contribution in [0.15, 0.2) is 35.6 Å². The van der Waals surface area contributed by atoms with Gasteiger partial charge in [0.05, 0.1) is 24.0 Å². The molecule has 2 aliphatic carbocycles. The number of hydrogen-bond donors (Lipinski definition) is 3. The number of aliphatic imine (C=N–C) groups is 1. The molecule has 9 nitrogen and oxygen atoms in total. The molecule has 208 valence electrons. The number of nitrogens with two attached hydrogens (primary N) is 1. The molecule has 2 saturated carbocycles. The third-order valence-electron chi connectivity index (χ3n) is 6.75. The first-order chi connectivity index (χ1) is 18.1. The van der Waals surface area contributed by atoms with Crippen molar-refractivity contribution < 1.29 is 40.7 Å². The molecule has 1 aromatic carbocycles. The molecule has 2 aromatic rings. The number of hydrogen-bond acceptors (Lipinski definition) is 8. The third-order valence-corrected chi connectivity index (χ3v) is 8.05. The Bertz CT molecular complexity index is 1370. The highest BCUT2D eigenvalue weighted by molar-refractivity contribution is 8.15. The fraction of sp³-hybridized carbons (Fsp3) is 0.435. The van der Waals surface area contributed by atoms with Gasteiger partial charge in [-0.15, -0.1) is 0 Å². The zero-order valence-corrected chi connectivity index (χ0v) is 20.8. The van der Waals surface area contributed by atoms with Crippen LogP contribution < -0.4 is 21.1 Å². The van der Waals surface area contributed by atoms with Crippen molar-refractivity contribution in [1.82, 2.24) is 15.3 Å². The smallest absolute Gasteiger partial charge is 0.422 e. The van der Waals surface area contributed by atoms with Crippen LogP contribution in [0.1, 0.15) is 35.8 Å². The van der Waals surface area contributed by atoms with Crippen molar-refractivity contribution in [3.8, 4) is 5.88 Å². The summed E-state index contributed by atoms with van der Waals surface area (Å²) in [4.78, 5) is 37.3. The van der Waals surface area contributed by atoms with Gasteiger partial charge in [-0.2, -0.15) is 13.2 Å². The standard InChI is InChI=1S/C23H20F6N6O3S/c1-20(14-5-21(14,39-19(30)35-20)18(37)34-15-6-22(15,25)26)11-4-10(2-3-12(11)24)33-17(36)13-7-32-16(8-31-13)38-9-23(27,28)29/h2-4,7-8,14-15H,5-6,9H2,1H3,(H2,30,35)(H,33,36)(H,34,37)/t14-,15?,20+,21-/m0/s1. The topological polar surface area (TPSA) is 132 Å². The van der Waals surface area contributed by atoms with Gasteiger partial charge in [0.2, 0.25) is 11.8 Å². The average Bonchev–Trinajstić information content (AvgIpc) is 3.73. The van der Waals surface area contributed by atoms with Gasteiger partial charge in [0.1, 0.15) is 16.3 Å². The number of amides is 2. The summed E-state index contributed by atoms with van der Waals surface area (Å²) in [6.07, 6.45) is -3.04. The van der Waals surface area contributed by atoms with Gasteiger partial charge in [0.25, 0.3) is 11.8 Å². The second-order valence-corrected chi connectivity index (χ2v) is 11.0. The van der Waals surface area contributed by atoms with E-state index in [2.05, 4.69) is 30.3 Å². The lowest BCUT2D eigenvalue weighted by Gasteiger charge is -2.34. The number of nitrogens with zero attached hydrogens (tertiary/aromatic N) is 3. The number of carbonyl (C=O) groups excluding carboxylic acids is 2. The quantitative estimate of drug-likeness (QED) is 0.432. The number of benzene rings is 1. The van der Waals surface area contributed by atoms with E-state index in [0.29, 0.717) is 0 Å². The molecule has 2 amide bonds. The van der Waals surface area contributed by atoms with Crippen LogP contribution in [0.3, 0.4) is 0 Å². The number of alkyl halides is 5. The van der Waals surface area contributed by atoms with E-state index in [1.807, 2.05) is 0 Å². The SMILES string of the molecule is C[C@]1(c2cc(NC(=O)c3cnc(OCC(F)(F)F)cn3)ccc2F)N=C(N)S[C@@]2(C(=O)NC3CC3(F)F)C[C@H]21. The minimum absolute atomic E-state index is 0.0131. The minimum atomic E-state index is -4.57. The van der Waals surface area contributed by atoms with Crippen LogP contribution in [0.4, 0.5) is 32.0 Å². The fourth-order valence-corrected chi connectivity index (χ4v) is 5.95. The first-order valence-corrected chi connectivity index (χ1v) is 12.3. The predicted octanol–water partition coefficient (Wildman–Crippen LogP) is 3.37. The minimum Gasteiger partial charge on any atom is -0.467 e. The number of fused-ring (bicyclic) bond motifs is 1. The maximum atomic E-state index is 15.1. The van der Waals surface area contributed by atoms with Crippen LogP contribution in [-0.2, 0) is 10.3 Å². The molecule has 2 heterocycles. The van der Waals surface area contributed by atoms with E-state index in [4.69, 9.17) is 5.73 Å². The molecular weight excluding hydrogens is 554 g/mol. The summed E-state index contributed by atoms with van der Waals surface area (Å²) in [5, 5.41) is 4.83. The third kappa shape index (κ3) is 5.21. The van der Waals surface area contributed by atoms with Crippen molar-refractivity contribution in [3.05, 3.63) is 47.7 Å². The van der Waals surface area contributed by atoms with Crippen LogP contribution >= 0.6 is 11.8 Å². The highest BCUT2D eigenvalue weighted by atomic mass is 32.2. The maximum absolute atomic E-state index is 15.1. The number of halogens is 6. The number of anilines is 1.